The predicted octanol–water partition coefficient (Wildman–Crippen LogP) is 2.33. The van der Waals surface area contributed by atoms with Crippen molar-refractivity contribution in [1.29, 1.82) is 0 Å². The molecule has 0 radical (unpaired) electrons. The molecule has 0 atom stereocenters. The lowest BCUT2D eigenvalue weighted by Gasteiger charge is -2.32. The van der Waals surface area contributed by atoms with Crippen molar-refractivity contribution in [2.75, 3.05) is 26.2 Å². The molecule has 1 aromatic carbocycles. The van der Waals surface area contributed by atoms with Gasteiger partial charge in [0.15, 0.2) is 0 Å². The molecule has 1 N–H and O–H groups in total. The van der Waals surface area contributed by atoms with Crippen molar-refractivity contribution in [2.45, 2.75) is 6.54 Å². The van der Waals surface area contributed by atoms with Crippen LogP contribution in [0.3, 0.4) is 0 Å². The van der Waals surface area contributed by atoms with E-state index in [0.29, 0.717) is 13.1 Å². The maximum Gasteiger partial charge on any atom is 0.257 e. The van der Waals surface area contributed by atoms with Crippen LogP contribution in [0.1, 0.15) is 15.2 Å². The summed E-state index contributed by atoms with van der Waals surface area (Å²) < 4.78 is 27.8. The number of quaternary nitrogens is 1. The number of hydrogen-bond acceptors (Lipinski definition) is 2. The molecule has 0 aliphatic carbocycles. The van der Waals surface area contributed by atoms with Crippen molar-refractivity contribution in [2.24, 2.45) is 0 Å². The van der Waals surface area contributed by atoms with Gasteiger partial charge in [-0.25, -0.2) is 8.78 Å². The second-order valence-electron chi connectivity index (χ2n) is 5.55. The average molecular weight is 402 g/mol. The van der Waals surface area contributed by atoms with Crippen molar-refractivity contribution >= 4 is 33.2 Å². The van der Waals surface area contributed by atoms with Crippen molar-refractivity contribution in [3.8, 4) is 0 Å². The predicted molar refractivity (Wildman–Crippen MR) is 88.7 cm³/mol. The Bertz CT molecular complexity index is 714. The van der Waals surface area contributed by atoms with Gasteiger partial charge in [-0.1, -0.05) is 0 Å². The largest absolute Gasteiger partial charge is 0.328 e. The number of carbonyl (C=O) groups is 1. The molecule has 3 rings (SSSR count). The normalized spacial score (nSPS) is 15.9. The van der Waals surface area contributed by atoms with Crippen LogP contribution in [0.4, 0.5) is 8.78 Å². The zero-order valence-electron chi connectivity index (χ0n) is 12.3. The number of thiophene rings is 1. The minimum atomic E-state index is -0.798. The Labute approximate surface area is 145 Å². The number of halogens is 3. The van der Waals surface area contributed by atoms with Gasteiger partial charge in [0, 0.05) is 6.07 Å². The Balaban J connectivity index is 1.59. The SMILES string of the molecule is O=C(c1ccc(F)cc1F)N1CC[NH+](Cc2ccc(Br)s2)CC1. The van der Waals surface area contributed by atoms with Gasteiger partial charge in [0.1, 0.15) is 18.2 Å². The molecule has 2 heterocycles. The summed E-state index contributed by atoms with van der Waals surface area (Å²) in [5.74, 6) is -1.83. The first-order valence-electron chi connectivity index (χ1n) is 7.35. The molecule has 1 fully saturated rings. The zero-order chi connectivity index (χ0) is 16.4. The topological polar surface area (TPSA) is 24.8 Å². The van der Waals surface area contributed by atoms with Crippen LogP contribution < -0.4 is 4.90 Å². The minimum absolute atomic E-state index is 0.0583. The van der Waals surface area contributed by atoms with E-state index in [4.69, 9.17) is 0 Å². The van der Waals surface area contributed by atoms with Gasteiger partial charge in [-0.2, -0.15) is 0 Å². The Hall–Kier alpha value is -1.31. The van der Waals surface area contributed by atoms with E-state index in [1.165, 1.54) is 15.8 Å². The summed E-state index contributed by atoms with van der Waals surface area (Å²) in [5.41, 5.74) is -0.0583. The first-order valence-corrected chi connectivity index (χ1v) is 8.96. The first kappa shape index (κ1) is 16.5. The van der Waals surface area contributed by atoms with Crippen LogP contribution in [-0.2, 0) is 6.54 Å². The van der Waals surface area contributed by atoms with Gasteiger partial charge in [0.25, 0.3) is 5.91 Å². The number of carbonyl (C=O) groups excluding carboxylic acids is 1. The highest BCUT2D eigenvalue weighted by molar-refractivity contribution is 9.11. The third-order valence-electron chi connectivity index (χ3n) is 3.97. The van der Waals surface area contributed by atoms with Crippen LogP contribution in [0.5, 0.6) is 0 Å². The standard InChI is InChI=1S/C16H15BrF2N2OS/c17-15-4-2-12(23-15)10-20-5-7-21(8-6-20)16(22)13-3-1-11(18)9-14(13)19/h1-4,9H,5-8,10H2/p+1. The van der Waals surface area contributed by atoms with Crippen molar-refractivity contribution in [3.63, 3.8) is 0 Å². The molecule has 122 valence electrons. The lowest BCUT2D eigenvalue weighted by atomic mass is 10.1. The molecule has 7 heteroatoms. The third-order valence-corrected chi connectivity index (χ3v) is 5.60. The van der Waals surface area contributed by atoms with Crippen LogP contribution in [0, 0.1) is 11.6 Å². The minimum Gasteiger partial charge on any atom is -0.328 e. The van der Waals surface area contributed by atoms with Gasteiger partial charge < -0.3 is 9.80 Å². The molecular formula is C16H16BrF2N2OS+. The van der Waals surface area contributed by atoms with Crippen LogP contribution in [0.25, 0.3) is 0 Å². The van der Waals surface area contributed by atoms with Gasteiger partial charge in [0.05, 0.1) is 40.4 Å². The van der Waals surface area contributed by atoms with Crippen molar-refractivity contribution in [3.05, 3.63) is 56.2 Å². The van der Waals surface area contributed by atoms with Gasteiger partial charge in [-0.15, -0.1) is 11.3 Å². The fraction of sp³-hybridized carbons (Fsp3) is 0.312. The molecule has 2 aromatic rings. The van der Waals surface area contributed by atoms with Crippen molar-refractivity contribution in [1.82, 2.24) is 4.90 Å². The van der Waals surface area contributed by atoms with Gasteiger partial charge in [-0.3, -0.25) is 4.79 Å². The Kier molecular flexibility index (Phi) is 5.08. The van der Waals surface area contributed by atoms with Crippen LogP contribution in [0.2, 0.25) is 0 Å². The smallest absolute Gasteiger partial charge is 0.257 e. The monoisotopic (exact) mass is 401 g/mol. The molecule has 1 amide bonds. The molecule has 0 bridgehead atoms. The highest BCUT2D eigenvalue weighted by Gasteiger charge is 2.26. The molecule has 1 aliphatic heterocycles. The second kappa shape index (κ2) is 7.07. The Morgan fingerprint density at radius 1 is 1.22 bits per heavy atom. The van der Waals surface area contributed by atoms with E-state index < -0.39 is 11.6 Å². The summed E-state index contributed by atoms with van der Waals surface area (Å²) in [4.78, 5) is 16.7. The van der Waals surface area contributed by atoms with Crippen LogP contribution in [-0.4, -0.2) is 37.0 Å². The van der Waals surface area contributed by atoms with Crippen LogP contribution in [0.15, 0.2) is 34.1 Å². The summed E-state index contributed by atoms with van der Waals surface area (Å²) in [5, 5.41) is 0. The number of piperazine rings is 1. The number of amides is 1. The summed E-state index contributed by atoms with van der Waals surface area (Å²) in [6, 6.07) is 7.23. The summed E-state index contributed by atoms with van der Waals surface area (Å²) >= 11 is 5.18. The van der Waals surface area contributed by atoms with E-state index in [9.17, 15) is 13.6 Å². The van der Waals surface area contributed by atoms with Crippen LogP contribution >= 0.6 is 27.3 Å². The third kappa shape index (κ3) is 3.97. The fourth-order valence-corrected chi connectivity index (χ4v) is 4.28. The maximum atomic E-state index is 13.7. The Morgan fingerprint density at radius 2 is 1.96 bits per heavy atom. The molecule has 0 saturated carbocycles. The maximum absolute atomic E-state index is 13.7. The van der Waals surface area contributed by atoms with Gasteiger partial charge >= 0.3 is 0 Å². The second-order valence-corrected chi connectivity index (χ2v) is 8.10. The average Bonchev–Trinajstić information content (AvgIpc) is 2.92. The van der Waals surface area contributed by atoms with E-state index in [2.05, 4.69) is 22.0 Å². The number of nitrogens with one attached hydrogen (secondary N) is 1. The summed E-state index contributed by atoms with van der Waals surface area (Å²) in [6.45, 7) is 3.74. The molecular weight excluding hydrogens is 386 g/mol. The number of rotatable bonds is 3. The molecule has 1 saturated heterocycles. The van der Waals surface area contributed by atoms with Gasteiger partial charge in [-0.05, 0) is 40.2 Å². The molecule has 1 aromatic heterocycles. The highest BCUT2D eigenvalue weighted by Crippen LogP contribution is 2.21. The molecule has 0 unspecified atom stereocenters. The van der Waals surface area contributed by atoms with E-state index in [-0.39, 0.29) is 11.5 Å². The van der Waals surface area contributed by atoms with E-state index in [0.717, 1.165) is 35.6 Å². The lowest BCUT2D eigenvalue weighted by Crippen LogP contribution is -3.13. The van der Waals surface area contributed by atoms with Crippen molar-refractivity contribution < 1.29 is 18.5 Å². The molecule has 0 spiro atoms. The number of benzene rings is 1. The first-order chi connectivity index (χ1) is 11.0. The highest BCUT2D eigenvalue weighted by atomic mass is 79.9. The number of nitrogens with zero attached hydrogens (tertiary/aromatic N) is 1. The lowest BCUT2D eigenvalue weighted by molar-refractivity contribution is -0.917. The molecule has 23 heavy (non-hydrogen) atoms. The Morgan fingerprint density at radius 3 is 2.57 bits per heavy atom. The summed E-state index contributed by atoms with van der Waals surface area (Å²) in [6.07, 6.45) is 0. The van der Waals surface area contributed by atoms with E-state index in [1.54, 1.807) is 16.2 Å². The van der Waals surface area contributed by atoms with Gasteiger partial charge in [0.2, 0.25) is 0 Å². The quantitative estimate of drug-likeness (QED) is 0.838. The molecule has 1 aliphatic rings. The summed E-state index contributed by atoms with van der Waals surface area (Å²) in [7, 11) is 0. The van der Waals surface area contributed by atoms with E-state index in [1.807, 2.05) is 6.07 Å². The molecule has 3 nitrogen and oxygen atoms in total. The van der Waals surface area contributed by atoms with E-state index >= 15 is 0 Å². The fourth-order valence-electron chi connectivity index (χ4n) is 2.73. The number of hydrogen-bond donors (Lipinski definition) is 1. The zero-order valence-corrected chi connectivity index (χ0v) is 14.7.